The smallest absolute Gasteiger partial charge is 0.161 e. The molecule has 1 aromatic heterocycles. The SMILES string of the molecule is CNCOC1Cc2c3c(c4c(c2OC1c1cc(CCCO)c(O)c(OCCO)c1)CCC(CO)O4)-c1ccc(O)cc1C(Cc1ccc2[nH]ccc2c1)C3. The molecule has 0 spiro atoms. The molecule has 8 rings (SSSR count). The summed E-state index contributed by atoms with van der Waals surface area (Å²) in [5.41, 5.74) is 9.81. The van der Waals surface area contributed by atoms with Crippen LogP contribution in [0.1, 0.15) is 63.8 Å². The van der Waals surface area contributed by atoms with E-state index in [4.69, 9.17) is 18.9 Å². The Balaban J connectivity index is 1.28. The summed E-state index contributed by atoms with van der Waals surface area (Å²) in [7, 11) is 1.83. The number of aromatic hydroxyl groups is 2. The van der Waals surface area contributed by atoms with Crippen molar-refractivity contribution in [3.63, 3.8) is 0 Å². The normalized spacial score (nSPS) is 20.0. The zero-order chi connectivity index (χ0) is 37.3. The third-order valence-corrected chi connectivity index (χ3v) is 11.1. The molecular weight excluding hydrogens is 688 g/mol. The van der Waals surface area contributed by atoms with Gasteiger partial charge in [0.25, 0.3) is 0 Å². The van der Waals surface area contributed by atoms with E-state index in [1.54, 1.807) is 12.1 Å². The quantitative estimate of drug-likeness (QED) is 0.0784. The number of benzene rings is 4. The lowest BCUT2D eigenvalue weighted by molar-refractivity contribution is -0.0437. The topological polar surface area (TPSA) is 166 Å². The van der Waals surface area contributed by atoms with E-state index >= 15 is 0 Å². The molecule has 0 radical (unpaired) electrons. The van der Waals surface area contributed by atoms with Gasteiger partial charge in [0.15, 0.2) is 17.6 Å². The Kier molecular flexibility index (Phi) is 10.4. The molecule has 284 valence electrons. The van der Waals surface area contributed by atoms with Gasteiger partial charge >= 0.3 is 0 Å². The largest absolute Gasteiger partial charge is 0.508 e. The van der Waals surface area contributed by atoms with Crippen molar-refractivity contribution in [2.24, 2.45) is 0 Å². The summed E-state index contributed by atoms with van der Waals surface area (Å²) in [6, 6.07) is 17.8. The van der Waals surface area contributed by atoms with Gasteiger partial charge in [-0.2, -0.15) is 0 Å². The Morgan fingerprint density at radius 3 is 2.61 bits per heavy atom. The zero-order valence-corrected chi connectivity index (χ0v) is 30.4. The van der Waals surface area contributed by atoms with Crippen LogP contribution in [0.3, 0.4) is 0 Å². The molecule has 4 atom stereocenters. The van der Waals surface area contributed by atoms with Gasteiger partial charge in [0.2, 0.25) is 0 Å². The number of aromatic amines is 1. The number of fused-ring (bicyclic) bond motifs is 9. The first kappa shape index (κ1) is 36.2. The predicted molar refractivity (Wildman–Crippen MR) is 204 cm³/mol. The number of nitrogens with one attached hydrogen (secondary N) is 2. The van der Waals surface area contributed by atoms with Gasteiger partial charge in [-0.15, -0.1) is 0 Å². The third-order valence-electron chi connectivity index (χ3n) is 11.1. The molecule has 1 aliphatic carbocycles. The second-order valence-electron chi connectivity index (χ2n) is 14.6. The minimum absolute atomic E-state index is 0.00691. The lowest BCUT2D eigenvalue weighted by atomic mass is 9.72. The van der Waals surface area contributed by atoms with Crippen LogP contribution in [-0.2, 0) is 36.8 Å². The Morgan fingerprint density at radius 1 is 0.907 bits per heavy atom. The zero-order valence-electron chi connectivity index (χ0n) is 30.4. The number of phenolic OH excluding ortho intramolecular Hbond substituents is 2. The van der Waals surface area contributed by atoms with Gasteiger partial charge in [0.05, 0.1) is 19.9 Å². The van der Waals surface area contributed by atoms with Crippen molar-refractivity contribution in [3.8, 4) is 39.9 Å². The Labute approximate surface area is 314 Å². The number of H-pyrrole nitrogens is 1. The highest BCUT2D eigenvalue weighted by Crippen LogP contribution is 2.56. The fourth-order valence-corrected chi connectivity index (χ4v) is 8.62. The molecule has 7 N–H and O–H groups in total. The predicted octanol–water partition coefficient (Wildman–Crippen LogP) is 5.35. The van der Waals surface area contributed by atoms with Crippen LogP contribution in [0.5, 0.6) is 28.7 Å². The third kappa shape index (κ3) is 6.75. The van der Waals surface area contributed by atoms with Crippen molar-refractivity contribution in [2.45, 2.75) is 69.2 Å². The van der Waals surface area contributed by atoms with E-state index in [-0.39, 0.29) is 62.4 Å². The van der Waals surface area contributed by atoms with Crippen LogP contribution in [-0.4, -0.2) is 82.9 Å². The number of hydrogen-bond donors (Lipinski definition) is 7. The summed E-state index contributed by atoms with van der Waals surface area (Å²) in [5, 5.41) is 55.6. The van der Waals surface area contributed by atoms with Crippen molar-refractivity contribution in [1.29, 1.82) is 0 Å². The average molecular weight is 737 g/mol. The monoisotopic (exact) mass is 736 g/mol. The highest BCUT2D eigenvalue weighted by atomic mass is 16.6. The van der Waals surface area contributed by atoms with Crippen LogP contribution in [0.2, 0.25) is 0 Å². The molecule has 2 aliphatic heterocycles. The summed E-state index contributed by atoms with van der Waals surface area (Å²) in [6.07, 6.45) is 4.66. The van der Waals surface area contributed by atoms with E-state index in [0.717, 1.165) is 62.0 Å². The van der Waals surface area contributed by atoms with Crippen molar-refractivity contribution in [3.05, 3.63) is 99.7 Å². The van der Waals surface area contributed by atoms with Gasteiger partial charge in [-0.1, -0.05) is 12.1 Å². The molecule has 4 unspecified atom stereocenters. The van der Waals surface area contributed by atoms with Gasteiger partial charge < -0.3 is 49.5 Å². The van der Waals surface area contributed by atoms with Gasteiger partial charge in [-0.05, 0) is 133 Å². The minimum atomic E-state index is -0.592. The minimum Gasteiger partial charge on any atom is -0.508 e. The number of ether oxygens (including phenoxy) is 4. The molecular formula is C43H48N2O9. The second kappa shape index (κ2) is 15.5. The molecule has 11 heteroatoms. The Morgan fingerprint density at radius 2 is 1.80 bits per heavy atom. The molecule has 3 aliphatic rings. The first-order valence-electron chi connectivity index (χ1n) is 18.9. The summed E-state index contributed by atoms with van der Waals surface area (Å²) in [5.74, 6) is 1.94. The molecule has 3 heterocycles. The van der Waals surface area contributed by atoms with Gasteiger partial charge in [-0.25, -0.2) is 0 Å². The van der Waals surface area contributed by atoms with Crippen LogP contribution < -0.4 is 19.5 Å². The number of aromatic nitrogens is 1. The fraction of sp³-hybridized carbons (Fsp3) is 0.395. The maximum Gasteiger partial charge on any atom is 0.161 e. The van der Waals surface area contributed by atoms with E-state index in [9.17, 15) is 25.5 Å². The van der Waals surface area contributed by atoms with Crippen LogP contribution in [0, 0.1) is 0 Å². The van der Waals surface area contributed by atoms with Crippen LogP contribution in [0.25, 0.3) is 22.0 Å². The summed E-state index contributed by atoms with van der Waals surface area (Å²) in [6.45, 7) is -0.0687. The molecule has 0 saturated heterocycles. The van der Waals surface area contributed by atoms with E-state index in [0.29, 0.717) is 49.8 Å². The maximum absolute atomic E-state index is 11.1. The van der Waals surface area contributed by atoms with Gasteiger partial charge in [0.1, 0.15) is 36.1 Å². The van der Waals surface area contributed by atoms with Crippen LogP contribution in [0.15, 0.2) is 60.8 Å². The molecule has 0 saturated carbocycles. The Hall–Kier alpha value is -4.78. The molecule has 0 fully saturated rings. The molecule has 5 aromatic rings. The Bertz CT molecular complexity index is 2120. The van der Waals surface area contributed by atoms with E-state index in [2.05, 4.69) is 34.6 Å². The number of phenols is 2. The average Bonchev–Trinajstić information content (AvgIpc) is 3.67. The van der Waals surface area contributed by atoms with Crippen LogP contribution >= 0.6 is 0 Å². The number of aliphatic hydroxyl groups excluding tert-OH is 3. The lowest BCUT2D eigenvalue weighted by Gasteiger charge is -2.41. The number of rotatable bonds is 13. The van der Waals surface area contributed by atoms with Gasteiger partial charge in [-0.3, -0.25) is 5.32 Å². The number of hydrogen-bond acceptors (Lipinski definition) is 10. The highest BCUT2D eigenvalue weighted by Gasteiger charge is 2.42. The summed E-state index contributed by atoms with van der Waals surface area (Å²) < 4.78 is 26.1. The lowest BCUT2D eigenvalue weighted by Crippen LogP contribution is -2.37. The van der Waals surface area contributed by atoms with E-state index in [1.165, 1.54) is 5.56 Å². The summed E-state index contributed by atoms with van der Waals surface area (Å²) >= 11 is 0. The number of aryl methyl sites for hydroxylation is 1. The van der Waals surface area contributed by atoms with Crippen molar-refractivity contribution >= 4 is 10.9 Å². The van der Waals surface area contributed by atoms with Crippen LogP contribution in [0.4, 0.5) is 0 Å². The van der Waals surface area contributed by atoms with E-state index in [1.807, 2.05) is 31.4 Å². The molecule has 0 amide bonds. The molecule has 4 aromatic carbocycles. The maximum atomic E-state index is 11.1. The molecule has 54 heavy (non-hydrogen) atoms. The fourth-order valence-electron chi connectivity index (χ4n) is 8.62. The van der Waals surface area contributed by atoms with E-state index < -0.39 is 12.2 Å². The highest BCUT2D eigenvalue weighted by molar-refractivity contribution is 5.85. The first-order valence-corrected chi connectivity index (χ1v) is 18.9. The first-order chi connectivity index (χ1) is 26.4. The number of aliphatic hydroxyl groups is 3. The summed E-state index contributed by atoms with van der Waals surface area (Å²) in [4.78, 5) is 3.28. The molecule has 11 nitrogen and oxygen atoms in total. The standard InChI is InChI=1S/C43H48N2O9/c1-44-23-52-38-21-35-34-18-27(16-24-4-9-36-25(15-24)10-11-45-36)33-20-29(49)5-7-31(33)39(34)43-32(8-6-30(22-48)53-43)42(35)54-41(38)28-17-26(3-2-12-46)40(50)37(19-28)51-14-13-47/h4-5,7,9-11,15,17,19-20,27,30,38,41,44-50H,2-3,6,8,12-14,16,18,21-23H2,1H3. The van der Waals surface area contributed by atoms with Crippen molar-refractivity contribution in [2.75, 3.05) is 40.2 Å². The van der Waals surface area contributed by atoms with Gasteiger partial charge in [0, 0.05) is 41.4 Å². The molecule has 0 bridgehead atoms. The van der Waals surface area contributed by atoms with Crippen molar-refractivity contribution in [1.82, 2.24) is 10.3 Å². The second-order valence-corrected chi connectivity index (χ2v) is 14.6. The van der Waals surface area contributed by atoms with Crippen molar-refractivity contribution < 1.29 is 44.5 Å².